The van der Waals surface area contributed by atoms with E-state index in [9.17, 15) is 9.59 Å². The average molecular weight is 433 g/mol. The van der Waals surface area contributed by atoms with E-state index in [2.05, 4.69) is 5.32 Å². The van der Waals surface area contributed by atoms with Crippen molar-refractivity contribution in [1.82, 2.24) is 4.40 Å². The summed E-state index contributed by atoms with van der Waals surface area (Å²) in [6.07, 6.45) is 2.51. The van der Waals surface area contributed by atoms with E-state index >= 15 is 0 Å². The molecule has 0 saturated carbocycles. The molecular formula is C25H21ClN2O3. The number of fused-ring (bicyclic) bond motifs is 1. The standard InChI is InChI=1S/C25H21ClN2O3/c1-3-16-8-4-5-10-21(16)27-25(30)24(29)23-19(15-18-9-6-7-13-28(18)23)17-11-12-22(31-2)20(26)14-17/h4-15H,3H2,1-2H3,(H,27,30). The molecule has 1 amide bonds. The van der Waals surface area contributed by atoms with Gasteiger partial charge in [-0.3, -0.25) is 9.59 Å². The lowest BCUT2D eigenvalue weighted by atomic mass is 10.0. The molecule has 0 unspecified atom stereocenters. The first kappa shape index (κ1) is 20.7. The number of rotatable bonds is 6. The Morgan fingerprint density at radius 1 is 1.03 bits per heavy atom. The van der Waals surface area contributed by atoms with Crippen molar-refractivity contribution in [2.75, 3.05) is 12.4 Å². The van der Waals surface area contributed by atoms with Gasteiger partial charge in [0.25, 0.3) is 11.7 Å². The summed E-state index contributed by atoms with van der Waals surface area (Å²) < 4.78 is 6.95. The molecule has 5 nitrogen and oxygen atoms in total. The lowest BCUT2D eigenvalue weighted by Gasteiger charge is -2.11. The van der Waals surface area contributed by atoms with Crippen molar-refractivity contribution >= 4 is 34.5 Å². The normalized spacial score (nSPS) is 10.8. The number of hydrogen-bond donors (Lipinski definition) is 1. The fourth-order valence-electron chi connectivity index (χ4n) is 3.65. The molecular weight excluding hydrogens is 412 g/mol. The number of aromatic nitrogens is 1. The summed E-state index contributed by atoms with van der Waals surface area (Å²) in [5.41, 5.74) is 4.03. The van der Waals surface area contributed by atoms with Crippen LogP contribution in [0.15, 0.2) is 72.9 Å². The zero-order valence-electron chi connectivity index (χ0n) is 17.2. The number of methoxy groups -OCH3 is 1. The van der Waals surface area contributed by atoms with Crippen LogP contribution in [-0.4, -0.2) is 23.2 Å². The van der Waals surface area contributed by atoms with Gasteiger partial charge in [-0.05, 0) is 53.9 Å². The van der Waals surface area contributed by atoms with Gasteiger partial charge in [0, 0.05) is 23.0 Å². The van der Waals surface area contributed by atoms with Crippen LogP contribution in [-0.2, 0) is 11.2 Å². The summed E-state index contributed by atoms with van der Waals surface area (Å²) in [6.45, 7) is 2.00. The van der Waals surface area contributed by atoms with Gasteiger partial charge in [-0.15, -0.1) is 0 Å². The maximum Gasteiger partial charge on any atom is 0.298 e. The Balaban J connectivity index is 1.79. The molecule has 0 atom stereocenters. The Hall–Kier alpha value is -3.57. The van der Waals surface area contributed by atoms with Crippen LogP contribution in [0.3, 0.4) is 0 Å². The van der Waals surface area contributed by atoms with E-state index in [0.717, 1.165) is 23.1 Å². The summed E-state index contributed by atoms with van der Waals surface area (Å²) in [7, 11) is 1.54. The molecule has 0 aliphatic rings. The predicted molar refractivity (Wildman–Crippen MR) is 123 cm³/mol. The van der Waals surface area contributed by atoms with Crippen LogP contribution < -0.4 is 10.1 Å². The van der Waals surface area contributed by atoms with Crippen LogP contribution in [0, 0.1) is 0 Å². The summed E-state index contributed by atoms with van der Waals surface area (Å²) in [4.78, 5) is 26.3. The molecule has 1 N–H and O–H groups in total. The van der Waals surface area contributed by atoms with Crippen LogP contribution in [0.1, 0.15) is 23.0 Å². The number of para-hydroxylation sites is 1. The highest BCUT2D eigenvalue weighted by Crippen LogP contribution is 2.34. The Morgan fingerprint density at radius 3 is 2.55 bits per heavy atom. The zero-order chi connectivity index (χ0) is 22.0. The van der Waals surface area contributed by atoms with E-state index in [-0.39, 0.29) is 5.69 Å². The molecule has 2 heterocycles. The fraction of sp³-hybridized carbons (Fsp3) is 0.120. The van der Waals surface area contributed by atoms with Gasteiger partial charge in [-0.2, -0.15) is 0 Å². The van der Waals surface area contributed by atoms with Crippen LogP contribution in [0.5, 0.6) is 5.75 Å². The highest BCUT2D eigenvalue weighted by molar-refractivity contribution is 6.47. The van der Waals surface area contributed by atoms with Crippen LogP contribution in [0.25, 0.3) is 16.6 Å². The van der Waals surface area contributed by atoms with Gasteiger partial charge in [-0.1, -0.05) is 48.9 Å². The van der Waals surface area contributed by atoms with Gasteiger partial charge >= 0.3 is 0 Å². The van der Waals surface area contributed by atoms with Gasteiger partial charge < -0.3 is 14.5 Å². The molecule has 156 valence electrons. The van der Waals surface area contributed by atoms with E-state index in [1.807, 2.05) is 55.5 Å². The Labute approximate surface area is 185 Å². The summed E-state index contributed by atoms with van der Waals surface area (Å²) in [5, 5.41) is 3.20. The molecule has 0 aliphatic carbocycles. The first-order valence-electron chi connectivity index (χ1n) is 9.91. The highest BCUT2D eigenvalue weighted by atomic mass is 35.5. The molecule has 0 spiro atoms. The number of Topliss-reactive ketones (excluding diaryl/α,β-unsaturated/α-hetero) is 1. The minimum absolute atomic E-state index is 0.281. The second-order valence-electron chi connectivity index (χ2n) is 7.05. The molecule has 4 aromatic rings. The average Bonchev–Trinajstić information content (AvgIpc) is 3.18. The minimum Gasteiger partial charge on any atom is -0.495 e. The van der Waals surface area contributed by atoms with Gasteiger partial charge in [0.05, 0.1) is 12.1 Å². The molecule has 0 saturated heterocycles. The first-order valence-corrected chi connectivity index (χ1v) is 10.3. The summed E-state index contributed by atoms with van der Waals surface area (Å²) in [5.74, 6) is -0.777. The van der Waals surface area contributed by atoms with Gasteiger partial charge in [-0.25, -0.2) is 0 Å². The number of amides is 1. The maximum absolute atomic E-state index is 13.3. The fourth-order valence-corrected chi connectivity index (χ4v) is 3.90. The Bertz CT molecular complexity index is 1290. The maximum atomic E-state index is 13.3. The van der Waals surface area contributed by atoms with Crippen LogP contribution in [0.4, 0.5) is 5.69 Å². The topological polar surface area (TPSA) is 59.8 Å². The van der Waals surface area contributed by atoms with Crippen molar-refractivity contribution in [3.63, 3.8) is 0 Å². The number of benzene rings is 2. The lowest BCUT2D eigenvalue weighted by molar-refractivity contribution is -0.112. The number of nitrogens with one attached hydrogen (secondary N) is 1. The zero-order valence-corrected chi connectivity index (χ0v) is 17.9. The Morgan fingerprint density at radius 2 is 1.81 bits per heavy atom. The number of carbonyl (C=O) groups is 2. The number of ether oxygens (including phenoxy) is 1. The summed E-state index contributed by atoms with van der Waals surface area (Å²) in [6, 6.07) is 20.2. The molecule has 0 radical (unpaired) electrons. The molecule has 0 bridgehead atoms. The van der Waals surface area contributed by atoms with E-state index in [4.69, 9.17) is 16.3 Å². The van der Waals surface area contributed by atoms with Crippen molar-refractivity contribution in [3.8, 4) is 16.9 Å². The van der Waals surface area contributed by atoms with E-state index < -0.39 is 11.7 Å². The largest absolute Gasteiger partial charge is 0.495 e. The first-order chi connectivity index (χ1) is 15.0. The molecule has 2 aromatic carbocycles. The quantitative estimate of drug-likeness (QED) is 0.316. The van der Waals surface area contributed by atoms with Crippen molar-refractivity contribution in [3.05, 3.63) is 89.2 Å². The SMILES string of the molecule is CCc1ccccc1NC(=O)C(=O)c1c(-c2ccc(OC)c(Cl)c2)cc2ccccn12. The van der Waals surface area contributed by atoms with E-state index in [1.165, 1.54) is 0 Å². The van der Waals surface area contributed by atoms with E-state index in [0.29, 0.717) is 22.0 Å². The predicted octanol–water partition coefficient (Wildman–Crippen LogP) is 5.65. The number of nitrogens with zero attached hydrogens (tertiary/aromatic N) is 1. The monoisotopic (exact) mass is 432 g/mol. The molecule has 0 fully saturated rings. The number of aryl methyl sites for hydroxylation is 1. The highest BCUT2D eigenvalue weighted by Gasteiger charge is 2.25. The van der Waals surface area contributed by atoms with Crippen molar-refractivity contribution < 1.29 is 14.3 Å². The van der Waals surface area contributed by atoms with Crippen molar-refractivity contribution in [2.24, 2.45) is 0 Å². The number of halogens is 1. The molecule has 0 aliphatic heterocycles. The number of carbonyl (C=O) groups excluding carboxylic acids is 2. The molecule has 31 heavy (non-hydrogen) atoms. The van der Waals surface area contributed by atoms with E-state index in [1.54, 1.807) is 35.9 Å². The van der Waals surface area contributed by atoms with Crippen LogP contribution in [0.2, 0.25) is 5.02 Å². The van der Waals surface area contributed by atoms with Crippen LogP contribution >= 0.6 is 11.6 Å². The number of ketones is 1. The van der Waals surface area contributed by atoms with Gasteiger partial charge in [0.15, 0.2) is 0 Å². The van der Waals surface area contributed by atoms with Gasteiger partial charge in [0.1, 0.15) is 11.4 Å². The second kappa shape index (κ2) is 8.66. The summed E-state index contributed by atoms with van der Waals surface area (Å²) >= 11 is 6.32. The lowest BCUT2D eigenvalue weighted by Crippen LogP contribution is -2.25. The molecule has 6 heteroatoms. The third-order valence-corrected chi connectivity index (χ3v) is 5.51. The van der Waals surface area contributed by atoms with Crippen molar-refractivity contribution in [1.29, 1.82) is 0 Å². The number of hydrogen-bond acceptors (Lipinski definition) is 3. The van der Waals surface area contributed by atoms with Crippen molar-refractivity contribution in [2.45, 2.75) is 13.3 Å². The smallest absolute Gasteiger partial charge is 0.298 e. The number of anilines is 1. The third-order valence-electron chi connectivity index (χ3n) is 5.21. The number of pyridine rings is 1. The molecule has 2 aromatic heterocycles. The molecule has 4 rings (SSSR count). The Kier molecular flexibility index (Phi) is 5.78. The second-order valence-corrected chi connectivity index (χ2v) is 7.45. The van der Waals surface area contributed by atoms with Gasteiger partial charge in [0.2, 0.25) is 0 Å². The third kappa shape index (κ3) is 3.92. The minimum atomic E-state index is -0.689.